The summed E-state index contributed by atoms with van der Waals surface area (Å²) in [6.07, 6.45) is 21.7. The summed E-state index contributed by atoms with van der Waals surface area (Å²) in [6, 6.07) is 0. The zero-order chi connectivity index (χ0) is 17.5. The molecule has 0 aromatic heterocycles. The normalized spacial score (nSPS) is 27.6. The average molecular weight is 430 g/mol. The van der Waals surface area contributed by atoms with Crippen LogP contribution in [0.2, 0.25) is 0 Å². The van der Waals surface area contributed by atoms with Gasteiger partial charge >= 0.3 is 7.25 Å². The standard InChI is InChI=1S/C13H19.C5H5.BF4.Rh/c1-4-5-6-10-7-8-11-9-12(10)13(11,2)3;1-2-4-5-3-1;2-1(3,4)5;/h4-7,11-12H,8-9H2,1-3H3;1-5H;;/q;;-1;. The van der Waals surface area contributed by atoms with E-state index in [1.807, 2.05) is 32.1 Å². The summed E-state index contributed by atoms with van der Waals surface area (Å²) in [7, 11) is -6.00. The van der Waals surface area contributed by atoms with E-state index in [4.69, 9.17) is 0 Å². The zero-order valence-electron chi connectivity index (χ0n) is 14.2. The van der Waals surface area contributed by atoms with Crippen LogP contribution in [0, 0.1) is 81.0 Å². The van der Waals surface area contributed by atoms with Crippen molar-refractivity contribution in [2.75, 3.05) is 0 Å². The van der Waals surface area contributed by atoms with Gasteiger partial charge in [0, 0.05) is 19.5 Å². The van der Waals surface area contributed by atoms with Gasteiger partial charge in [0.05, 0.1) is 0 Å². The quantitative estimate of drug-likeness (QED) is 0.393. The molecule has 2 unspecified atom stereocenters. The van der Waals surface area contributed by atoms with Gasteiger partial charge in [-0.25, -0.2) is 0 Å². The Morgan fingerprint density at radius 2 is 1.50 bits per heavy atom. The summed E-state index contributed by atoms with van der Waals surface area (Å²) in [5.74, 6) is 3.37. The Bertz CT molecular complexity index is 314. The molecule has 4 aliphatic carbocycles. The number of hydrogen-bond donors (Lipinski definition) is 0. The molecule has 137 valence electrons. The summed E-state index contributed by atoms with van der Waals surface area (Å²) in [4.78, 5) is 0. The van der Waals surface area contributed by atoms with Gasteiger partial charge in [-0.15, -0.1) is 0 Å². The van der Waals surface area contributed by atoms with Crippen molar-refractivity contribution in [1.29, 1.82) is 0 Å². The number of hydrogen-bond acceptors (Lipinski definition) is 0. The minimum Gasteiger partial charge on any atom is -0.418 e. The van der Waals surface area contributed by atoms with Gasteiger partial charge in [-0.3, -0.25) is 0 Å². The third kappa shape index (κ3) is 8.67. The first-order valence-electron chi connectivity index (χ1n) is 7.86. The predicted molar refractivity (Wildman–Crippen MR) is 87.8 cm³/mol. The van der Waals surface area contributed by atoms with Crippen molar-refractivity contribution in [1.82, 2.24) is 0 Å². The number of fused-ring (bicyclic) bond motifs is 2. The van der Waals surface area contributed by atoms with Crippen LogP contribution in [0.5, 0.6) is 0 Å². The van der Waals surface area contributed by atoms with E-state index < -0.39 is 7.25 Å². The second-order valence-electron chi connectivity index (χ2n) is 6.40. The molecular weight excluding hydrogens is 406 g/mol. The van der Waals surface area contributed by atoms with E-state index in [1.54, 1.807) is 5.92 Å². The van der Waals surface area contributed by atoms with Gasteiger partial charge in [0.1, 0.15) is 0 Å². The van der Waals surface area contributed by atoms with Crippen molar-refractivity contribution in [2.24, 2.45) is 17.3 Å². The third-order valence-corrected chi connectivity index (χ3v) is 4.55. The van der Waals surface area contributed by atoms with Crippen molar-refractivity contribution in [3.05, 3.63) is 63.7 Å². The Hall–Kier alpha value is 0.408. The van der Waals surface area contributed by atoms with E-state index in [2.05, 4.69) is 46.5 Å². The second kappa shape index (κ2) is 11.2. The van der Waals surface area contributed by atoms with E-state index in [9.17, 15) is 17.3 Å². The van der Waals surface area contributed by atoms with Crippen molar-refractivity contribution in [3.63, 3.8) is 0 Å². The van der Waals surface area contributed by atoms with E-state index in [1.165, 1.54) is 12.8 Å². The van der Waals surface area contributed by atoms with Gasteiger partial charge in [0.2, 0.25) is 0 Å². The topological polar surface area (TPSA) is 0 Å². The molecule has 11 radical (unpaired) electrons. The molecule has 0 N–H and O–H groups in total. The molecule has 4 rings (SSSR count). The Balaban J connectivity index is 0.000000402. The first kappa shape index (κ1) is 24.4. The Morgan fingerprint density at radius 3 is 1.83 bits per heavy atom. The van der Waals surface area contributed by atoms with Crippen molar-refractivity contribution < 1.29 is 36.7 Å². The van der Waals surface area contributed by atoms with Crippen LogP contribution < -0.4 is 0 Å². The summed E-state index contributed by atoms with van der Waals surface area (Å²) >= 11 is 0. The van der Waals surface area contributed by atoms with Crippen molar-refractivity contribution >= 4 is 7.25 Å². The summed E-state index contributed by atoms with van der Waals surface area (Å²) in [5, 5.41) is 0. The molecule has 0 aromatic carbocycles. The zero-order valence-corrected chi connectivity index (χ0v) is 15.8. The maximum Gasteiger partial charge on any atom is 0.673 e. The van der Waals surface area contributed by atoms with Crippen LogP contribution in [-0.2, 0) is 19.5 Å². The van der Waals surface area contributed by atoms with Crippen LogP contribution in [-0.4, -0.2) is 7.25 Å². The largest absolute Gasteiger partial charge is 0.673 e. The molecule has 6 heteroatoms. The Kier molecular flexibility index (Phi) is 11.4. The summed E-state index contributed by atoms with van der Waals surface area (Å²) in [6.45, 7) is 6.92. The monoisotopic (exact) mass is 430 g/mol. The van der Waals surface area contributed by atoms with E-state index in [-0.39, 0.29) is 19.5 Å². The molecule has 0 heterocycles. The van der Waals surface area contributed by atoms with Gasteiger partial charge in [-0.1, -0.05) is 20.8 Å². The number of rotatable bonds is 3. The molecule has 4 aliphatic rings. The van der Waals surface area contributed by atoms with Crippen LogP contribution in [0.15, 0.2) is 0 Å². The van der Waals surface area contributed by atoms with E-state index >= 15 is 0 Å². The van der Waals surface area contributed by atoms with E-state index in [0.717, 1.165) is 11.8 Å². The Morgan fingerprint density at radius 1 is 1.04 bits per heavy atom. The summed E-state index contributed by atoms with van der Waals surface area (Å²) in [5.41, 5.74) is 0.572. The smallest absolute Gasteiger partial charge is 0.418 e. The first-order valence-corrected chi connectivity index (χ1v) is 7.86. The maximum absolute atomic E-state index is 9.75. The molecule has 2 bridgehead atoms. The van der Waals surface area contributed by atoms with Gasteiger partial charge in [0.15, 0.2) is 0 Å². The minimum atomic E-state index is -6.00. The van der Waals surface area contributed by atoms with Crippen LogP contribution in [0.1, 0.15) is 33.6 Å². The molecule has 4 saturated carbocycles. The minimum absolute atomic E-state index is 0. The SMILES string of the molecule is C[CH][CH][CH][C]1[CH]CC2CC1C2(C)C.F[B-](F)(F)F.[CH]1[CH][CH][CH][CH]1.[Rh]. The molecule has 4 fully saturated rings. The van der Waals surface area contributed by atoms with Gasteiger partial charge in [-0.2, -0.15) is 0 Å². The van der Waals surface area contributed by atoms with Crippen LogP contribution >= 0.6 is 0 Å². The predicted octanol–water partition coefficient (Wildman–Crippen LogP) is 5.78. The molecule has 0 amide bonds. The van der Waals surface area contributed by atoms with Gasteiger partial charge in [-0.05, 0) is 93.8 Å². The molecular formula is C18H24BF4Rh-. The van der Waals surface area contributed by atoms with Gasteiger partial charge in [0.25, 0.3) is 0 Å². The van der Waals surface area contributed by atoms with Crippen LogP contribution in [0.3, 0.4) is 0 Å². The van der Waals surface area contributed by atoms with Gasteiger partial charge < -0.3 is 17.3 Å². The van der Waals surface area contributed by atoms with E-state index in [0.29, 0.717) is 5.41 Å². The van der Waals surface area contributed by atoms with Crippen molar-refractivity contribution in [2.45, 2.75) is 33.6 Å². The molecule has 0 saturated heterocycles. The molecule has 2 atom stereocenters. The second-order valence-corrected chi connectivity index (χ2v) is 6.40. The molecule has 0 spiro atoms. The number of halogens is 4. The Labute approximate surface area is 158 Å². The maximum atomic E-state index is 9.75. The molecule has 0 nitrogen and oxygen atoms in total. The third-order valence-electron chi connectivity index (χ3n) is 4.55. The molecule has 0 aromatic rings. The van der Waals surface area contributed by atoms with Crippen LogP contribution in [0.25, 0.3) is 0 Å². The fraction of sp³-hybridized carbons (Fsp3) is 0.444. The molecule has 0 aliphatic heterocycles. The fourth-order valence-electron chi connectivity index (χ4n) is 3.11. The number of unbranched alkanes of at least 4 members (excludes halogenated alkanes) is 1. The summed E-state index contributed by atoms with van der Waals surface area (Å²) < 4.78 is 39.0. The fourth-order valence-corrected chi connectivity index (χ4v) is 3.11. The van der Waals surface area contributed by atoms with Crippen molar-refractivity contribution in [3.8, 4) is 0 Å². The van der Waals surface area contributed by atoms with Crippen LogP contribution in [0.4, 0.5) is 17.3 Å². The average Bonchev–Trinajstić information content (AvgIpc) is 3.02. The molecule has 24 heavy (non-hydrogen) atoms. The first-order chi connectivity index (χ1) is 10.7.